The fourth-order valence-corrected chi connectivity index (χ4v) is 2.36. The van der Waals surface area contributed by atoms with E-state index in [-0.39, 0.29) is 6.15 Å². The van der Waals surface area contributed by atoms with E-state index in [0.717, 1.165) is 6.42 Å². The molecule has 0 saturated carbocycles. The molecule has 0 spiro atoms. The van der Waals surface area contributed by atoms with Gasteiger partial charge in [-0.3, -0.25) is 9.11 Å². The van der Waals surface area contributed by atoms with Gasteiger partial charge in [-0.15, -0.1) is 0 Å². The zero-order chi connectivity index (χ0) is 18.5. The SMILES string of the molecule is CCCCCCCCC=CCCCCCCCCO.N.O=S(=O)(O)O. The van der Waals surface area contributed by atoms with Crippen LogP contribution in [0.2, 0.25) is 0 Å². The van der Waals surface area contributed by atoms with Crippen molar-refractivity contribution in [3.8, 4) is 0 Å². The average Bonchev–Trinajstić information content (AvgIpc) is 2.49. The molecule has 0 aromatic rings. The zero-order valence-electron chi connectivity index (χ0n) is 16.0. The largest absolute Gasteiger partial charge is 0.396 e. The van der Waals surface area contributed by atoms with E-state index in [9.17, 15) is 0 Å². The van der Waals surface area contributed by atoms with Crippen LogP contribution in [-0.2, 0) is 10.4 Å². The van der Waals surface area contributed by atoms with Crippen LogP contribution in [0.15, 0.2) is 12.2 Å². The second-order valence-electron chi connectivity index (χ2n) is 6.11. The quantitative estimate of drug-likeness (QED) is 0.167. The van der Waals surface area contributed by atoms with Gasteiger partial charge >= 0.3 is 10.4 Å². The van der Waals surface area contributed by atoms with E-state index >= 15 is 0 Å². The van der Waals surface area contributed by atoms with E-state index in [0.29, 0.717) is 6.61 Å². The summed E-state index contributed by atoms with van der Waals surface area (Å²) in [5, 5.41) is 8.66. The van der Waals surface area contributed by atoms with Gasteiger partial charge < -0.3 is 11.3 Å². The van der Waals surface area contributed by atoms with Crippen molar-refractivity contribution >= 4 is 10.4 Å². The van der Waals surface area contributed by atoms with Crippen molar-refractivity contribution in [2.75, 3.05) is 6.61 Å². The monoisotopic (exact) mass is 383 g/mol. The molecule has 6 N–H and O–H groups in total. The van der Waals surface area contributed by atoms with E-state index in [4.69, 9.17) is 22.6 Å². The van der Waals surface area contributed by atoms with Crippen molar-refractivity contribution in [2.45, 2.75) is 96.8 Å². The van der Waals surface area contributed by atoms with Gasteiger partial charge in [-0.25, -0.2) is 0 Å². The van der Waals surface area contributed by atoms with Crippen molar-refractivity contribution in [3.05, 3.63) is 12.2 Å². The third-order valence-corrected chi connectivity index (χ3v) is 3.67. The van der Waals surface area contributed by atoms with E-state index in [1.807, 2.05) is 0 Å². The number of unbranched alkanes of at least 4 members (excludes halogenated alkanes) is 12. The number of hydrogen-bond acceptors (Lipinski definition) is 4. The van der Waals surface area contributed by atoms with Crippen LogP contribution in [0.25, 0.3) is 0 Å². The van der Waals surface area contributed by atoms with Gasteiger partial charge in [-0.05, 0) is 32.1 Å². The summed E-state index contributed by atoms with van der Waals surface area (Å²) < 4.78 is 31.6. The molecule has 0 atom stereocenters. The number of rotatable bonds is 15. The highest BCUT2D eigenvalue weighted by molar-refractivity contribution is 7.79. The molecule has 25 heavy (non-hydrogen) atoms. The Kier molecular flexibility index (Phi) is 27.6. The van der Waals surface area contributed by atoms with Crippen LogP contribution in [0.1, 0.15) is 96.8 Å². The number of hydrogen-bond donors (Lipinski definition) is 4. The van der Waals surface area contributed by atoms with Gasteiger partial charge in [0.25, 0.3) is 0 Å². The first-order valence-electron chi connectivity index (χ1n) is 9.37. The summed E-state index contributed by atoms with van der Waals surface area (Å²) in [6, 6.07) is 0. The Hall–Kier alpha value is -0.470. The molecular weight excluding hydrogens is 342 g/mol. The van der Waals surface area contributed by atoms with Gasteiger partial charge in [0.05, 0.1) is 0 Å². The predicted octanol–water partition coefficient (Wildman–Crippen LogP) is 5.53. The summed E-state index contributed by atoms with van der Waals surface area (Å²) in [5.41, 5.74) is 0. The van der Waals surface area contributed by atoms with Crippen LogP contribution in [0.5, 0.6) is 0 Å². The van der Waals surface area contributed by atoms with Gasteiger partial charge in [0.1, 0.15) is 0 Å². The van der Waals surface area contributed by atoms with E-state index < -0.39 is 10.4 Å². The average molecular weight is 384 g/mol. The van der Waals surface area contributed by atoms with Crippen LogP contribution < -0.4 is 6.15 Å². The lowest BCUT2D eigenvalue weighted by molar-refractivity contribution is 0.282. The van der Waals surface area contributed by atoms with Gasteiger partial charge in [0, 0.05) is 6.61 Å². The molecular formula is C18H41NO5S. The van der Waals surface area contributed by atoms with Crippen LogP contribution in [0.3, 0.4) is 0 Å². The van der Waals surface area contributed by atoms with Crippen molar-refractivity contribution in [1.82, 2.24) is 6.15 Å². The second kappa shape index (κ2) is 23.5. The molecule has 7 heteroatoms. The molecule has 0 radical (unpaired) electrons. The molecule has 0 saturated heterocycles. The van der Waals surface area contributed by atoms with E-state index in [1.54, 1.807) is 0 Å². The normalized spacial score (nSPS) is 11.0. The Morgan fingerprint density at radius 1 is 0.680 bits per heavy atom. The standard InChI is InChI=1S/C18H36O.H3N.H2O4S/c1-2-3-4-5-6-7-8-9-10-11-12-13-14-15-16-17-18-19;;1-5(2,3)4/h9-10,19H,2-8,11-18H2,1H3;1H3;(H2,1,2,3,4). The highest BCUT2D eigenvalue weighted by Gasteiger charge is 1.90. The van der Waals surface area contributed by atoms with Crippen LogP contribution in [0.4, 0.5) is 0 Å². The fraction of sp³-hybridized carbons (Fsp3) is 0.889. The molecule has 0 fully saturated rings. The Balaban J connectivity index is -0.000000704. The Morgan fingerprint density at radius 2 is 1.00 bits per heavy atom. The first kappa shape index (κ1) is 29.3. The number of aliphatic hydroxyl groups is 1. The van der Waals surface area contributed by atoms with Crippen LogP contribution in [-0.4, -0.2) is 29.2 Å². The minimum atomic E-state index is -4.67. The number of allylic oxidation sites excluding steroid dienone is 2. The molecule has 154 valence electrons. The minimum Gasteiger partial charge on any atom is -0.396 e. The molecule has 0 aliphatic heterocycles. The van der Waals surface area contributed by atoms with Gasteiger partial charge in [0.15, 0.2) is 0 Å². The number of aliphatic hydroxyl groups excluding tert-OH is 1. The molecule has 0 amide bonds. The Labute approximate surface area is 155 Å². The third-order valence-electron chi connectivity index (χ3n) is 3.67. The maximum atomic E-state index is 8.74. The highest BCUT2D eigenvalue weighted by atomic mass is 32.3. The van der Waals surface area contributed by atoms with Crippen LogP contribution >= 0.6 is 0 Å². The maximum Gasteiger partial charge on any atom is 0.394 e. The molecule has 0 aromatic heterocycles. The summed E-state index contributed by atoms with van der Waals surface area (Å²) >= 11 is 0. The molecule has 0 bridgehead atoms. The van der Waals surface area contributed by atoms with Crippen molar-refractivity contribution < 1.29 is 22.6 Å². The molecule has 0 unspecified atom stereocenters. The first-order valence-corrected chi connectivity index (χ1v) is 10.8. The van der Waals surface area contributed by atoms with E-state index in [2.05, 4.69) is 19.1 Å². The smallest absolute Gasteiger partial charge is 0.394 e. The summed E-state index contributed by atoms with van der Waals surface area (Å²) in [6.45, 7) is 2.64. The van der Waals surface area contributed by atoms with Gasteiger partial charge in [-0.2, -0.15) is 8.42 Å². The molecule has 6 nitrogen and oxygen atoms in total. The topological polar surface area (TPSA) is 130 Å². The fourth-order valence-electron chi connectivity index (χ4n) is 2.36. The second-order valence-corrected chi connectivity index (χ2v) is 7.00. The Bertz CT molecular complexity index is 350. The van der Waals surface area contributed by atoms with Crippen LogP contribution in [0, 0.1) is 0 Å². The molecule has 0 aromatic carbocycles. The zero-order valence-corrected chi connectivity index (χ0v) is 16.9. The maximum absolute atomic E-state index is 8.74. The molecule has 0 aliphatic rings. The third kappa shape index (κ3) is 45.2. The molecule has 0 rings (SSSR count). The Morgan fingerprint density at radius 3 is 1.36 bits per heavy atom. The summed E-state index contributed by atoms with van der Waals surface area (Å²) in [7, 11) is -4.67. The lowest BCUT2D eigenvalue weighted by atomic mass is 10.1. The van der Waals surface area contributed by atoms with Crippen molar-refractivity contribution in [1.29, 1.82) is 0 Å². The molecule has 0 aliphatic carbocycles. The summed E-state index contributed by atoms with van der Waals surface area (Å²) in [4.78, 5) is 0. The highest BCUT2D eigenvalue weighted by Crippen LogP contribution is 2.09. The van der Waals surface area contributed by atoms with E-state index in [1.165, 1.54) is 83.5 Å². The first-order chi connectivity index (χ1) is 11.4. The van der Waals surface area contributed by atoms with Crippen molar-refractivity contribution in [3.63, 3.8) is 0 Å². The van der Waals surface area contributed by atoms with Crippen molar-refractivity contribution in [2.24, 2.45) is 0 Å². The summed E-state index contributed by atoms with van der Waals surface area (Å²) in [6.07, 6.45) is 23.2. The summed E-state index contributed by atoms with van der Waals surface area (Å²) in [5.74, 6) is 0. The lowest BCUT2D eigenvalue weighted by Gasteiger charge is -1.99. The van der Waals surface area contributed by atoms with Gasteiger partial charge in [0.2, 0.25) is 0 Å². The van der Waals surface area contributed by atoms with Gasteiger partial charge in [-0.1, -0.05) is 76.9 Å². The molecule has 0 heterocycles. The predicted molar refractivity (Wildman–Crippen MR) is 106 cm³/mol. The minimum absolute atomic E-state index is 0. The lowest BCUT2D eigenvalue weighted by Crippen LogP contribution is -1.89.